The zero-order valence-corrected chi connectivity index (χ0v) is 22.4. The summed E-state index contributed by atoms with van der Waals surface area (Å²) in [5.74, 6) is -0.487. The number of nitrogens with zero attached hydrogens (tertiary/aromatic N) is 4. The number of amides is 1. The van der Waals surface area contributed by atoms with Gasteiger partial charge < -0.3 is 10.2 Å². The van der Waals surface area contributed by atoms with Gasteiger partial charge in [0.15, 0.2) is 0 Å². The van der Waals surface area contributed by atoms with E-state index in [1.165, 1.54) is 12.1 Å². The predicted molar refractivity (Wildman–Crippen MR) is 150 cm³/mol. The SMILES string of the molecule is Cc1ccc(C(=O)Nc2ccc(CN3CCN(C)CC3)c(C(F)(F)F)c2)cc1-c1ccc(-c2ccccn2)nc1. The fourth-order valence-electron chi connectivity index (χ4n) is 4.80. The first-order valence-electron chi connectivity index (χ1n) is 13.1. The second kappa shape index (κ2) is 11.6. The lowest BCUT2D eigenvalue weighted by Crippen LogP contribution is -2.44. The van der Waals surface area contributed by atoms with E-state index >= 15 is 0 Å². The van der Waals surface area contributed by atoms with Crippen molar-refractivity contribution in [3.05, 3.63) is 101 Å². The maximum absolute atomic E-state index is 14.0. The molecule has 1 fully saturated rings. The highest BCUT2D eigenvalue weighted by molar-refractivity contribution is 6.05. The molecule has 9 heteroatoms. The quantitative estimate of drug-likeness (QED) is 0.316. The Bertz CT molecular complexity index is 1480. The van der Waals surface area contributed by atoms with Gasteiger partial charge in [0, 0.05) is 61.9 Å². The van der Waals surface area contributed by atoms with Gasteiger partial charge in [-0.2, -0.15) is 13.2 Å². The topological polar surface area (TPSA) is 61.4 Å². The Hall–Kier alpha value is -4.08. The third kappa shape index (κ3) is 6.38. The molecule has 0 bridgehead atoms. The molecule has 1 aliphatic heterocycles. The van der Waals surface area contributed by atoms with Crippen molar-refractivity contribution in [3.63, 3.8) is 0 Å². The van der Waals surface area contributed by atoms with Gasteiger partial charge in [-0.3, -0.25) is 19.7 Å². The Morgan fingerprint density at radius 1 is 0.925 bits per heavy atom. The average Bonchev–Trinajstić information content (AvgIpc) is 2.95. The van der Waals surface area contributed by atoms with E-state index in [0.29, 0.717) is 18.7 Å². The third-order valence-electron chi connectivity index (χ3n) is 7.16. The summed E-state index contributed by atoms with van der Waals surface area (Å²) >= 11 is 0. The Balaban J connectivity index is 1.34. The Kier molecular flexibility index (Phi) is 7.95. The molecular weight excluding hydrogens is 515 g/mol. The number of aryl methyl sites for hydroxylation is 1. The van der Waals surface area contributed by atoms with Crippen LogP contribution in [0.5, 0.6) is 0 Å². The molecule has 0 aliphatic carbocycles. The van der Waals surface area contributed by atoms with Gasteiger partial charge in [-0.15, -0.1) is 0 Å². The molecular formula is C31H30F3N5O. The van der Waals surface area contributed by atoms with Crippen LogP contribution in [0.4, 0.5) is 18.9 Å². The lowest BCUT2D eigenvalue weighted by Gasteiger charge is -2.33. The van der Waals surface area contributed by atoms with Crippen molar-refractivity contribution in [2.24, 2.45) is 0 Å². The maximum Gasteiger partial charge on any atom is 0.416 e. The van der Waals surface area contributed by atoms with E-state index in [-0.39, 0.29) is 17.8 Å². The first-order valence-corrected chi connectivity index (χ1v) is 13.1. The van der Waals surface area contributed by atoms with Gasteiger partial charge in [0.05, 0.1) is 17.0 Å². The molecule has 1 N–H and O–H groups in total. The fourth-order valence-corrected chi connectivity index (χ4v) is 4.80. The highest BCUT2D eigenvalue weighted by atomic mass is 19.4. The second-order valence-electron chi connectivity index (χ2n) is 10.1. The Morgan fingerprint density at radius 3 is 2.38 bits per heavy atom. The minimum absolute atomic E-state index is 0.1000. The summed E-state index contributed by atoms with van der Waals surface area (Å²) in [4.78, 5) is 26.1. The molecule has 2 aromatic carbocycles. The number of piperazine rings is 1. The van der Waals surface area contributed by atoms with E-state index in [1.807, 2.05) is 55.3 Å². The Morgan fingerprint density at radius 2 is 1.70 bits per heavy atom. The van der Waals surface area contributed by atoms with Crippen LogP contribution >= 0.6 is 0 Å². The molecule has 2 aromatic heterocycles. The van der Waals surface area contributed by atoms with Crippen LogP contribution in [-0.4, -0.2) is 58.9 Å². The van der Waals surface area contributed by atoms with E-state index in [2.05, 4.69) is 20.2 Å². The van der Waals surface area contributed by atoms with Crippen molar-refractivity contribution < 1.29 is 18.0 Å². The molecule has 4 aromatic rings. The number of nitrogens with one attached hydrogen (secondary N) is 1. The number of alkyl halides is 3. The molecule has 0 saturated carbocycles. The number of hydrogen-bond acceptors (Lipinski definition) is 5. The van der Waals surface area contributed by atoms with E-state index < -0.39 is 17.6 Å². The molecule has 3 heterocycles. The van der Waals surface area contributed by atoms with Crippen LogP contribution in [0.15, 0.2) is 79.1 Å². The smallest absolute Gasteiger partial charge is 0.322 e. The summed E-state index contributed by atoms with van der Waals surface area (Å²) in [6.45, 7) is 5.20. The van der Waals surface area contributed by atoms with Crippen molar-refractivity contribution in [1.82, 2.24) is 19.8 Å². The molecule has 1 amide bonds. The summed E-state index contributed by atoms with van der Waals surface area (Å²) in [5, 5.41) is 2.65. The van der Waals surface area contributed by atoms with Crippen LogP contribution in [-0.2, 0) is 12.7 Å². The first kappa shape index (κ1) is 27.5. The van der Waals surface area contributed by atoms with Gasteiger partial charge in [-0.1, -0.05) is 24.3 Å². The lowest BCUT2D eigenvalue weighted by molar-refractivity contribution is -0.138. The molecule has 0 atom stereocenters. The highest BCUT2D eigenvalue weighted by Crippen LogP contribution is 2.35. The third-order valence-corrected chi connectivity index (χ3v) is 7.16. The number of rotatable bonds is 6. The van der Waals surface area contributed by atoms with Gasteiger partial charge >= 0.3 is 6.18 Å². The fraction of sp³-hybridized carbons (Fsp3) is 0.258. The molecule has 0 radical (unpaired) electrons. The monoisotopic (exact) mass is 545 g/mol. The summed E-state index contributed by atoms with van der Waals surface area (Å²) in [6.07, 6.45) is -1.10. The summed E-state index contributed by atoms with van der Waals surface area (Å²) in [6, 6.07) is 18.6. The van der Waals surface area contributed by atoms with Crippen LogP contribution in [0, 0.1) is 6.92 Å². The zero-order valence-electron chi connectivity index (χ0n) is 22.4. The number of likely N-dealkylation sites (N-methyl/N-ethyl adjacent to an activating group) is 1. The number of hydrogen-bond donors (Lipinski definition) is 1. The normalized spacial score (nSPS) is 14.7. The van der Waals surface area contributed by atoms with Crippen molar-refractivity contribution in [2.45, 2.75) is 19.6 Å². The summed E-state index contributed by atoms with van der Waals surface area (Å²) in [7, 11) is 2.00. The van der Waals surface area contributed by atoms with E-state index in [4.69, 9.17) is 0 Å². The van der Waals surface area contributed by atoms with Crippen molar-refractivity contribution >= 4 is 11.6 Å². The first-order chi connectivity index (χ1) is 19.2. The van der Waals surface area contributed by atoms with E-state index in [9.17, 15) is 18.0 Å². The Labute approximate surface area is 231 Å². The van der Waals surface area contributed by atoms with Gasteiger partial charge in [0.1, 0.15) is 0 Å². The number of carbonyl (C=O) groups excluding carboxylic acids is 1. The minimum Gasteiger partial charge on any atom is -0.322 e. The molecule has 206 valence electrons. The second-order valence-corrected chi connectivity index (χ2v) is 10.1. The molecule has 0 unspecified atom stereocenters. The molecule has 0 spiro atoms. The number of carbonyl (C=O) groups is 1. The number of pyridine rings is 2. The van der Waals surface area contributed by atoms with Crippen LogP contribution in [0.1, 0.15) is 27.0 Å². The highest BCUT2D eigenvalue weighted by Gasteiger charge is 2.34. The molecule has 1 aliphatic rings. The van der Waals surface area contributed by atoms with Crippen molar-refractivity contribution in [1.29, 1.82) is 0 Å². The van der Waals surface area contributed by atoms with E-state index in [1.54, 1.807) is 24.5 Å². The lowest BCUT2D eigenvalue weighted by atomic mass is 9.98. The van der Waals surface area contributed by atoms with Gasteiger partial charge in [0.2, 0.25) is 0 Å². The zero-order chi connectivity index (χ0) is 28.3. The predicted octanol–water partition coefficient (Wildman–Crippen LogP) is 6.14. The van der Waals surface area contributed by atoms with Crippen LogP contribution < -0.4 is 5.32 Å². The molecule has 40 heavy (non-hydrogen) atoms. The van der Waals surface area contributed by atoms with Crippen LogP contribution in [0.2, 0.25) is 0 Å². The molecule has 6 nitrogen and oxygen atoms in total. The number of benzene rings is 2. The molecule has 5 rings (SSSR count). The van der Waals surface area contributed by atoms with Crippen molar-refractivity contribution in [2.75, 3.05) is 38.5 Å². The van der Waals surface area contributed by atoms with Gasteiger partial charge in [-0.25, -0.2) is 0 Å². The number of aromatic nitrogens is 2. The summed E-state index contributed by atoms with van der Waals surface area (Å²) in [5.41, 5.74) is 3.97. The van der Waals surface area contributed by atoms with Crippen molar-refractivity contribution in [3.8, 4) is 22.5 Å². The van der Waals surface area contributed by atoms with Crippen LogP contribution in [0.25, 0.3) is 22.5 Å². The largest absolute Gasteiger partial charge is 0.416 e. The molecule has 1 saturated heterocycles. The average molecular weight is 546 g/mol. The van der Waals surface area contributed by atoms with Crippen LogP contribution in [0.3, 0.4) is 0 Å². The summed E-state index contributed by atoms with van der Waals surface area (Å²) < 4.78 is 41.9. The van der Waals surface area contributed by atoms with E-state index in [0.717, 1.165) is 47.2 Å². The maximum atomic E-state index is 14.0. The van der Waals surface area contributed by atoms with Gasteiger partial charge in [0.25, 0.3) is 5.91 Å². The number of anilines is 1. The van der Waals surface area contributed by atoms with Gasteiger partial charge in [-0.05, 0) is 73.1 Å². The number of halogens is 3. The standard InChI is InChI=1S/C31H30F3N5O/c1-21-6-7-22(17-26(21)23-9-11-29(36-19-23)28-5-3-4-12-35-28)30(40)37-25-10-8-24(27(18-25)31(32,33)34)20-39-15-13-38(2)14-16-39/h3-12,17-19H,13-16,20H2,1-2H3,(H,37,40). The minimum atomic E-state index is -4.53.